The van der Waals surface area contributed by atoms with Crippen LogP contribution in [-0.2, 0) is 4.79 Å². The van der Waals surface area contributed by atoms with Crippen molar-refractivity contribution < 1.29 is 67.0 Å². The van der Waals surface area contributed by atoms with Gasteiger partial charge in [-0.2, -0.15) is 57.1 Å². The first kappa shape index (κ1) is 23.3. The second-order valence-corrected chi connectivity index (χ2v) is 4.51. The van der Waals surface area contributed by atoms with Crippen molar-refractivity contribution in [1.29, 1.82) is 0 Å². The normalized spacial score (nSPS) is 16.2. The van der Waals surface area contributed by atoms with E-state index in [1.165, 1.54) is 0 Å². The molecule has 0 bridgehead atoms. The number of carbonyl (C=O) groups is 1. The molecule has 0 heterocycles. The van der Waals surface area contributed by atoms with Crippen molar-refractivity contribution in [3.05, 3.63) is 11.8 Å². The molecule has 0 aliphatic carbocycles. The maximum absolute atomic E-state index is 13.1. The molecule has 15 heteroatoms. The number of aliphatic hydroxyl groups is 1. The third-order valence-electron chi connectivity index (χ3n) is 2.60. The van der Waals surface area contributed by atoms with E-state index in [4.69, 9.17) is 5.11 Å². The Hall–Kier alpha value is -1.70. The smallest absolute Gasteiger partial charge is 0.460 e. The maximum atomic E-state index is 13.1. The van der Waals surface area contributed by atoms with E-state index in [1.807, 2.05) is 0 Å². The second kappa shape index (κ2) is 5.93. The number of hydrogen-bond donors (Lipinski definition) is 1. The van der Waals surface area contributed by atoms with Gasteiger partial charge in [-0.05, 0) is 6.92 Å². The first-order valence-corrected chi connectivity index (χ1v) is 5.46. The molecule has 0 atom stereocenters. The van der Waals surface area contributed by atoms with E-state index < -0.39 is 53.4 Å². The van der Waals surface area contributed by atoms with E-state index in [0.29, 0.717) is 6.92 Å². The lowest BCUT2D eigenvalue weighted by Gasteiger charge is -2.39. The van der Waals surface area contributed by atoms with Gasteiger partial charge in [0.25, 0.3) is 0 Å². The summed E-state index contributed by atoms with van der Waals surface area (Å²) in [6, 6.07) is 0. The molecule has 2 nitrogen and oxygen atoms in total. The molecule has 0 fully saturated rings. The van der Waals surface area contributed by atoms with Gasteiger partial charge in [0.15, 0.2) is 11.5 Å². The third-order valence-corrected chi connectivity index (χ3v) is 2.60. The summed E-state index contributed by atoms with van der Waals surface area (Å²) in [4.78, 5) is 10.3. The van der Waals surface area contributed by atoms with Gasteiger partial charge < -0.3 is 5.11 Å². The summed E-state index contributed by atoms with van der Waals surface area (Å²) in [6.07, 6.45) is -8.35. The molecular weight excluding hydrogens is 399 g/mol. The van der Waals surface area contributed by atoms with Crippen LogP contribution in [0.15, 0.2) is 11.8 Å². The summed E-state index contributed by atoms with van der Waals surface area (Å²) in [7, 11) is 0. The van der Waals surface area contributed by atoms with Crippen LogP contribution in [0.2, 0.25) is 0 Å². The molecule has 0 saturated heterocycles. The highest BCUT2D eigenvalue weighted by molar-refractivity contribution is 5.87. The second-order valence-electron chi connectivity index (χ2n) is 4.51. The van der Waals surface area contributed by atoms with Crippen LogP contribution in [0.5, 0.6) is 0 Å². The zero-order chi connectivity index (χ0) is 20.9. The van der Waals surface area contributed by atoms with Crippen molar-refractivity contribution in [3.8, 4) is 0 Å². The lowest BCUT2D eigenvalue weighted by Crippen LogP contribution is -2.70. The Balaban J connectivity index is 6.44. The molecule has 0 unspecified atom stereocenters. The highest BCUT2D eigenvalue weighted by Crippen LogP contribution is 2.60. The summed E-state index contributed by atoms with van der Waals surface area (Å²) >= 11 is 0. The van der Waals surface area contributed by atoms with E-state index in [-0.39, 0.29) is 0 Å². The lowest BCUT2D eigenvalue weighted by molar-refractivity contribution is -0.438. The molecule has 0 aromatic heterocycles. The van der Waals surface area contributed by atoms with Crippen LogP contribution in [0.1, 0.15) is 6.92 Å². The maximum Gasteiger partial charge on any atom is 0.460 e. The van der Waals surface area contributed by atoms with Crippen molar-refractivity contribution in [2.45, 2.75) is 42.7 Å². The third kappa shape index (κ3) is 3.23. The number of allylic oxidation sites excluding steroid dienone is 2. The van der Waals surface area contributed by atoms with Gasteiger partial charge in [0, 0.05) is 6.08 Å². The molecule has 0 aromatic carbocycles. The number of ketones is 1. The van der Waals surface area contributed by atoms with Crippen LogP contribution < -0.4 is 0 Å². The molecule has 0 spiro atoms. The number of halogens is 13. The Kier molecular flexibility index (Phi) is 5.53. The van der Waals surface area contributed by atoms with Crippen LogP contribution in [0.25, 0.3) is 0 Å². The van der Waals surface area contributed by atoms with Crippen LogP contribution >= 0.6 is 0 Å². The van der Waals surface area contributed by atoms with Gasteiger partial charge in [-0.25, -0.2) is 0 Å². The van der Waals surface area contributed by atoms with Crippen molar-refractivity contribution in [2.75, 3.05) is 0 Å². The molecule has 0 aliphatic rings. The molecular formula is C10H5F13O2. The van der Waals surface area contributed by atoms with Gasteiger partial charge in [0.2, 0.25) is 0 Å². The predicted octanol–water partition coefficient (Wildman–Crippen LogP) is 4.76. The number of alkyl halides is 13. The minimum atomic E-state index is -8.05. The molecule has 0 radical (unpaired) electrons. The number of hydrogen-bond acceptors (Lipinski definition) is 2. The van der Waals surface area contributed by atoms with Gasteiger partial charge >= 0.3 is 35.8 Å². The molecule has 148 valence electrons. The zero-order valence-corrected chi connectivity index (χ0v) is 11.3. The molecule has 0 saturated carbocycles. The minimum absolute atomic E-state index is 0.301. The summed E-state index contributed by atoms with van der Waals surface area (Å²) in [5.74, 6) is -43.3. The van der Waals surface area contributed by atoms with Gasteiger partial charge in [-0.1, -0.05) is 0 Å². The molecule has 0 aromatic rings. The van der Waals surface area contributed by atoms with Gasteiger partial charge in [-0.15, -0.1) is 0 Å². The van der Waals surface area contributed by atoms with E-state index >= 15 is 0 Å². The first-order chi connectivity index (χ1) is 10.6. The molecule has 0 amide bonds. The van der Waals surface area contributed by atoms with Crippen LogP contribution in [0.3, 0.4) is 0 Å². The molecule has 1 N–H and O–H groups in total. The average molecular weight is 404 g/mol. The minimum Gasteiger partial charge on any atom is -0.506 e. The van der Waals surface area contributed by atoms with Crippen LogP contribution in [-0.4, -0.2) is 46.7 Å². The lowest BCUT2D eigenvalue weighted by atomic mass is 9.93. The van der Waals surface area contributed by atoms with E-state index in [1.54, 1.807) is 0 Å². The van der Waals surface area contributed by atoms with Crippen molar-refractivity contribution in [1.82, 2.24) is 0 Å². The Labute approximate surface area is 128 Å². The number of aliphatic hydroxyl groups excluding tert-OH is 1. The van der Waals surface area contributed by atoms with Crippen LogP contribution in [0, 0.1) is 0 Å². The SMILES string of the molecule is CC(=O)/C=C(\O)C(F)(F)C(F)(F)C(F)(F)C(F)(F)C(F)(F)C(F)(F)F. The van der Waals surface area contributed by atoms with Crippen molar-refractivity contribution >= 4 is 5.78 Å². The van der Waals surface area contributed by atoms with E-state index in [0.717, 1.165) is 0 Å². The highest BCUT2D eigenvalue weighted by Gasteiger charge is 2.91. The Morgan fingerprint density at radius 2 is 1.00 bits per heavy atom. The summed E-state index contributed by atoms with van der Waals surface area (Å²) in [6.45, 7) is 0.301. The number of rotatable bonds is 6. The summed E-state index contributed by atoms with van der Waals surface area (Å²) < 4.78 is 164. The topological polar surface area (TPSA) is 37.3 Å². The fourth-order valence-electron chi connectivity index (χ4n) is 1.21. The molecule has 0 rings (SSSR count). The van der Waals surface area contributed by atoms with Crippen molar-refractivity contribution in [3.63, 3.8) is 0 Å². The Bertz CT molecular complexity index is 558. The summed E-state index contributed by atoms with van der Waals surface area (Å²) in [5, 5.41) is 8.50. The standard InChI is InChI=1S/C10H5F13O2/c1-3(24)2-4(25)5(11,12)6(13,14)7(15,16)8(17,18)9(19,20)10(21,22)23/h2,25H,1H3/b4-2-. The predicted molar refractivity (Wildman–Crippen MR) is 52.2 cm³/mol. The molecule has 0 aliphatic heterocycles. The summed E-state index contributed by atoms with van der Waals surface area (Å²) in [5.41, 5.74) is 0. The fraction of sp³-hybridized carbons (Fsp3) is 0.700. The van der Waals surface area contributed by atoms with E-state index in [2.05, 4.69) is 0 Å². The zero-order valence-electron chi connectivity index (χ0n) is 11.3. The van der Waals surface area contributed by atoms with Gasteiger partial charge in [0.05, 0.1) is 0 Å². The fourth-order valence-corrected chi connectivity index (χ4v) is 1.21. The largest absolute Gasteiger partial charge is 0.506 e. The Morgan fingerprint density at radius 1 is 0.680 bits per heavy atom. The highest BCUT2D eigenvalue weighted by atomic mass is 19.4. The Morgan fingerprint density at radius 3 is 1.28 bits per heavy atom. The quantitative estimate of drug-likeness (QED) is 0.394. The van der Waals surface area contributed by atoms with Crippen LogP contribution in [0.4, 0.5) is 57.1 Å². The first-order valence-electron chi connectivity index (χ1n) is 5.46. The molecule has 25 heavy (non-hydrogen) atoms. The van der Waals surface area contributed by atoms with E-state index in [9.17, 15) is 61.9 Å². The number of carbonyl (C=O) groups excluding carboxylic acids is 1. The average Bonchev–Trinajstić information content (AvgIpc) is 2.35. The van der Waals surface area contributed by atoms with Crippen molar-refractivity contribution in [2.24, 2.45) is 0 Å². The monoisotopic (exact) mass is 404 g/mol. The van der Waals surface area contributed by atoms with Gasteiger partial charge in [0.1, 0.15) is 0 Å². The van der Waals surface area contributed by atoms with Gasteiger partial charge in [-0.3, -0.25) is 4.79 Å².